The summed E-state index contributed by atoms with van der Waals surface area (Å²) in [5.74, 6) is -0.0789. The van der Waals surface area contributed by atoms with Gasteiger partial charge in [-0.1, -0.05) is 23.2 Å². The van der Waals surface area contributed by atoms with E-state index in [4.69, 9.17) is 32.7 Å². The summed E-state index contributed by atoms with van der Waals surface area (Å²) < 4.78 is 6.71. The number of amides is 1. The number of carbonyl (C=O) groups is 1. The average molecular weight is 473 g/mol. The zero-order chi connectivity index (χ0) is 22.2. The Morgan fingerprint density at radius 2 is 2.19 bits per heavy atom. The van der Waals surface area contributed by atoms with E-state index in [1.54, 1.807) is 18.6 Å². The maximum Gasteiger partial charge on any atom is 0.290 e. The summed E-state index contributed by atoms with van der Waals surface area (Å²) in [4.78, 5) is 23.4. The van der Waals surface area contributed by atoms with Gasteiger partial charge in [-0.3, -0.25) is 4.79 Å². The van der Waals surface area contributed by atoms with Gasteiger partial charge < -0.3 is 24.4 Å². The van der Waals surface area contributed by atoms with Crippen LogP contribution < -0.4 is 10.2 Å². The number of halogens is 2. The van der Waals surface area contributed by atoms with E-state index in [-0.39, 0.29) is 17.7 Å². The monoisotopic (exact) mass is 472 g/mol. The molecule has 4 aromatic rings. The van der Waals surface area contributed by atoms with Crippen LogP contribution in [0.5, 0.6) is 5.88 Å². The second-order valence-corrected chi connectivity index (χ2v) is 8.26. The molecule has 1 atom stereocenters. The van der Waals surface area contributed by atoms with Crippen molar-refractivity contribution in [2.24, 2.45) is 0 Å². The SMILES string of the molecule is O=C(NC[C@@H]1CCCN1c1cc(-n2ccnc2)c2ccc(Cl)c(Cl)c2n1)c1cc(O)no1. The van der Waals surface area contributed by atoms with Gasteiger partial charge in [0.1, 0.15) is 5.82 Å². The molecule has 1 aliphatic heterocycles. The minimum absolute atomic E-state index is 0.0222. The van der Waals surface area contributed by atoms with Crippen LogP contribution in [0.1, 0.15) is 23.4 Å². The predicted molar refractivity (Wildman–Crippen MR) is 120 cm³/mol. The second-order valence-electron chi connectivity index (χ2n) is 7.48. The highest BCUT2D eigenvalue weighted by Gasteiger charge is 2.28. The van der Waals surface area contributed by atoms with Gasteiger partial charge >= 0.3 is 0 Å². The molecule has 1 aromatic carbocycles. The van der Waals surface area contributed by atoms with Crippen LogP contribution in [0.15, 0.2) is 47.5 Å². The number of aromatic nitrogens is 4. The molecule has 9 nitrogen and oxygen atoms in total. The molecule has 4 heterocycles. The highest BCUT2D eigenvalue weighted by Crippen LogP contribution is 2.36. The molecule has 3 aromatic heterocycles. The number of anilines is 1. The fraction of sp³-hybridized carbons (Fsp3) is 0.238. The van der Waals surface area contributed by atoms with Crippen molar-refractivity contribution in [2.75, 3.05) is 18.0 Å². The van der Waals surface area contributed by atoms with Crippen LogP contribution in [0.2, 0.25) is 10.0 Å². The smallest absolute Gasteiger partial charge is 0.290 e. The zero-order valence-electron chi connectivity index (χ0n) is 16.7. The zero-order valence-corrected chi connectivity index (χ0v) is 18.2. The molecule has 0 aliphatic carbocycles. The lowest BCUT2D eigenvalue weighted by atomic mass is 10.1. The van der Waals surface area contributed by atoms with Crippen LogP contribution in [0, 0.1) is 0 Å². The number of benzene rings is 1. The Morgan fingerprint density at radius 1 is 1.31 bits per heavy atom. The van der Waals surface area contributed by atoms with E-state index in [2.05, 4.69) is 20.4 Å². The highest BCUT2D eigenvalue weighted by atomic mass is 35.5. The molecule has 1 amide bonds. The lowest BCUT2D eigenvalue weighted by Gasteiger charge is -2.27. The molecule has 32 heavy (non-hydrogen) atoms. The molecular formula is C21H18Cl2N6O3. The van der Waals surface area contributed by atoms with E-state index in [1.165, 1.54) is 6.07 Å². The van der Waals surface area contributed by atoms with Gasteiger partial charge in [-0.25, -0.2) is 9.97 Å². The first-order valence-electron chi connectivity index (χ1n) is 9.99. The summed E-state index contributed by atoms with van der Waals surface area (Å²) in [6.07, 6.45) is 7.11. The van der Waals surface area contributed by atoms with Crippen LogP contribution in [-0.4, -0.2) is 49.8 Å². The maximum atomic E-state index is 12.3. The molecule has 0 unspecified atom stereocenters. The van der Waals surface area contributed by atoms with Gasteiger partial charge in [-0.2, -0.15) is 0 Å². The lowest BCUT2D eigenvalue weighted by molar-refractivity contribution is 0.0914. The molecule has 0 spiro atoms. The Balaban J connectivity index is 1.47. The van der Waals surface area contributed by atoms with Crippen molar-refractivity contribution in [3.05, 3.63) is 58.8 Å². The second kappa shape index (κ2) is 8.33. The van der Waals surface area contributed by atoms with E-state index < -0.39 is 5.91 Å². The summed E-state index contributed by atoms with van der Waals surface area (Å²) in [6, 6.07) is 6.83. The van der Waals surface area contributed by atoms with E-state index in [9.17, 15) is 9.90 Å². The predicted octanol–water partition coefficient (Wildman–Crippen LogP) is 3.82. The minimum Gasteiger partial charge on any atom is -0.491 e. The average Bonchev–Trinajstić information content (AvgIpc) is 3.56. The number of rotatable bonds is 5. The van der Waals surface area contributed by atoms with E-state index in [0.717, 1.165) is 36.3 Å². The van der Waals surface area contributed by atoms with Gasteiger partial charge in [0.15, 0.2) is 0 Å². The van der Waals surface area contributed by atoms with Crippen LogP contribution in [0.25, 0.3) is 16.6 Å². The number of hydrogen-bond acceptors (Lipinski definition) is 7. The fourth-order valence-electron chi connectivity index (χ4n) is 3.99. The molecule has 0 bridgehead atoms. The van der Waals surface area contributed by atoms with Crippen LogP contribution >= 0.6 is 23.2 Å². The first kappa shape index (κ1) is 20.6. The van der Waals surface area contributed by atoms with E-state index in [1.807, 2.05) is 22.9 Å². The molecule has 11 heteroatoms. The molecule has 1 aliphatic rings. The summed E-state index contributed by atoms with van der Waals surface area (Å²) in [5, 5.41) is 17.1. The Kier molecular flexibility index (Phi) is 5.36. The normalized spacial score (nSPS) is 16.1. The number of hydrogen-bond donors (Lipinski definition) is 2. The third kappa shape index (κ3) is 3.74. The summed E-state index contributed by atoms with van der Waals surface area (Å²) in [7, 11) is 0. The first-order chi connectivity index (χ1) is 15.5. The largest absolute Gasteiger partial charge is 0.491 e. The highest BCUT2D eigenvalue weighted by molar-refractivity contribution is 6.45. The molecule has 1 fully saturated rings. The fourth-order valence-corrected chi connectivity index (χ4v) is 4.34. The quantitative estimate of drug-likeness (QED) is 0.454. The standard InChI is InChI=1S/C21H18Cl2N6O3/c22-14-4-3-13-15(28-7-5-24-11-28)8-17(26-20(13)19(14)23)29-6-1-2-12(29)10-25-21(31)16-9-18(30)27-32-16/h3-5,7-9,11-12H,1-2,6,10H2,(H,25,31)(H,27,30)/t12-/m0/s1. The van der Waals surface area contributed by atoms with Gasteiger partial charge in [0, 0.05) is 43.0 Å². The van der Waals surface area contributed by atoms with Crippen molar-refractivity contribution in [3.63, 3.8) is 0 Å². The Bertz CT molecular complexity index is 1290. The molecule has 5 rings (SSSR count). The molecule has 0 radical (unpaired) electrons. The van der Waals surface area contributed by atoms with Gasteiger partial charge in [0.2, 0.25) is 5.76 Å². The Hall–Kier alpha value is -3.30. The number of imidazole rings is 1. The van der Waals surface area contributed by atoms with Crippen molar-refractivity contribution in [2.45, 2.75) is 18.9 Å². The van der Waals surface area contributed by atoms with Gasteiger partial charge in [0.05, 0.1) is 33.6 Å². The molecular weight excluding hydrogens is 455 g/mol. The summed E-state index contributed by atoms with van der Waals surface area (Å²) >= 11 is 12.8. The molecule has 2 N–H and O–H groups in total. The van der Waals surface area contributed by atoms with Crippen LogP contribution in [-0.2, 0) is 0 Å². The van der Waals surface area contributed by atoms with Crippen molar-refractivity contribution >= 4 is 45.8 Å². The summed E-state index contributed by atoms with van der Waals surface area (Å²) in [6.45, 7) is 1.16. The van der Waals surface area contributed by atoms with E-state index in [0.29, 0.717) is 22.1 Å². The number of carbonyl (C=O) groups excluding carboxylic acids is 1. The minimum atomic E-state index is -0.440. The topological polar surface area (TPSA) is 109 Å². The Morgan fingerprint density at radius 3 is 2.94 bits per heavy atom. The third-order valence-electron chi connectivity index (χ3n) is 5.51. The molecule has 164 valence electrons. The Labute approximate surface area is 192 Å². The van der Waals surface area contributed by atoms with E-state index >= 15 is 0 Å². The number of aromatic hydroxyl groups is 1. The van der Waals surface area contributed by atoms with Crippen molar-refractivity contribution < 1.29 is 14.4 Å². The maximum absolute atomic E-state index is 12.3. The van der Waals surface area contributed by atoms with Crippen molar-refractivity contribution in [3.8, 4) is 11.6 Å². The van der Waals surface area contributed by atoms with Crippen LogP contribution in [0.3, 0.4) is 0 Å². The van der Waals surface area contributed by atoms with Gasteiger partial charge in [0.25, 0.3) is 11.8 Å². The number of nitrogens with one attached hydrogen (secondary N) is 1. The van der Waals surface area contributed by atoms with Crippen molar-refractivity contribution in [1.82, 2.24) is 25.0 Å². The van der Waals surface area contributed by atoms with Gasteiger partial charge in [-0.05, 0) is 30.1 Å². The number of fused-ring (bicyclic) bond motifs is 1. The number of nitrogens with zero attached hydrogens (tertiary/aromatic N) is 5. The van der Waals surface area contributed by atoms with Gasteiger partial charge in [-0.15, -0.1) is 0 Å². The molecule has 0 saturated carbocycles. The number of pyridine rings is 1. The van der Waals surface area contributed by atoms with Crippen molar-refractivity contribution in [1.29, 1.82) is 0 Å². The molecule has 1 saturated heterocycles. The lowest BCUT2D eigenvalue weighted by Crippen LogP contribution is -2.40. The third-order valence-corrected chi connectivity index (χ3v) is 6.31. The first-order valence-corrected chi connectivity index (χ1v) is 10.7. The van der Waals surface area contributed by atoms with Crippen LogP contribution in [0.4, 0.5) is 5.82 Å². The summed E-state index contributed by atoms with van der Waals surface area (Å²) in [5.41, 5.74) is 1.49.